The van der Waals surface area contributed by atoms with Crippen LogP contribution < -0.4 is 10.5 Å². The molecule has 2 aromatic carbocycles. The van der Waals surface area contributed by atoms with Gasteiger partial charge in [0.1, 0.15) is 17.6 Å². The molecule has 3 aromatic rings. The highest BCUT2D eigenvalue weighted by Crippen LogP contribution is 2.44. The minimum atomic E-state index is -1.55. The normalized spacial score (nSPS) is 19.3. The molecule has 2 aliphatic rings. The van der Waals surface area contributed by atoms with Crippen LogP contribution in [0.5, 0.6) is 5.75 Å². The lowest BCUT2D eigenvalue weighted by molar-refractivity contribution is -0.129. The number of benzene rings is 2. The van der Waals surface area contributed by atoms with E-state index < -0.39 is 11.4 Å². The van der Waals surface area contributed by atoms with Crippen LogP contribution in [0.3, 0.4) is 0 Å². The van der Waals surface area contributed by atoms with Crippen LogP contribution in [0.25, 0.3) is 11.1 Å². The number of fused-ring (bicyclic) bond motifs is 1. The summed E-state index contributed by atoms with van der Waals surface area (Å²) < 4.78 is 20.4. The maximum atomic E-state index is 14.8. The number of amides is 1. The molecule has 0 bridgehead atoms. The second-order valence-corrected chi connectivity index (χ2v) is 7.70. The van der Waals surface area contributed by atoms with Crippen LogP contribution in [-0.2, 0) is 16.8 Å². The molecule has 0 saturated heterocycles. The van der Waals surface area contributed by atoms with Gasteiger partial charge in [0.15, 0.2) is 11.5 Å². The SMILES string of the molecule is CN1C(=O)C(c2cc(C#N)c3c(c2)CCO3)(c2ccc(F)c(-c3cccnc3)c2)N=C1N. The summed E-state index contributed by atoms with van der Waals surface area (Å²) in [6, 6.07) is 13.4. The molecule has 8 heteroatoms. The first kappa shape index (κ1) is 19.7. The summed E-state index contributed by atoms with van der Waals surface area (Å²) in [6.07, 6.45) is 3.76. The average Bonchev–Trinajstić information content (AvgIpc) is 3.38. The van der Waals surface area contributed by atoms with Crippen molar-refractivity contribution in [1.82, 2.24) is 9.88 Å². The van der Waals surface area contributed by atoms with Crippen LogP contribution in [0.4, 0.5) is 4.39 Å². The molecule has 0 fully saturated rings. The summed E-state index contributed by atoms with van der Waals surface area (Å²) in [5.74, 6) is -0.274. The summed E-state index contributed by atoms with van der Waals surface area (Å²) in [4.78, 5) is 23.5. The van der Waals surface area contributed by atoms with Gasteiger partial charge in [-0.25, -0.2) is 9.38 Å². The first-order chi connectivity index (χ1) is 15.5. The molecule has 1 aromatic heterocycles. The van der Waals surface area contributed by atoms with Crippen LogP contribution in [0.2, 0.25) is 0 Å². The van der Waals surface area contributed by atoms with Gasteiger partial charge in [-0.3, -0.25) is 14.7 Å². The Morgan fingerprint density at radius 2 is 2.09 bits per heavy atom. The lowest BCUT2D eigenvalue weighted by Gasteiger charge is -2.27. The molecule has 32 heavy (non-hydrogen) atoms. The van der Waals surface area contributed by atoms with E-state index in [0.29, 0.717) is 41.0 Å². The number of aromatic nitrogens is 1. The zero-order valence-corrected chi connectivity index (χ0v) is 17.2. The number of nitriles is 1. The largest absolute Gasteiger partial charge is 0.492 e. The number of carbonyl (C=O) groups is 1. The lowest BCUT2D eigenvalue weighted by Crippen LogP contribution is -2.41. The molecule has 0 spiro atoms. The number of hydrogen-bond acceptors (Lipinski definition) is 6. The number of pyridine rings is 1. The van der Waals surface area contributed by atoms with Crippen molar-refractivity contribution in [2.24, 2.45) is 10.7 Å². The molecule has 3 heterocycles. The van der Waals surface area contributed by atoms with Crippen LogP contribution in [0.15, 0.2) is 59.9 Å². The Morgan fingerprint density at radius 1 is 1.25 bits per heavy atom. The summed E-state index contributed by atoms with van der Waals surface area (Å²) in [7, 11) is 1.54. The molecule has 0 saturated carbocycles. The summed E-state index contributed by atoms with van der Waals surface area (Å²) in [5.41, 5.74) is 7.44. The molecule has 2 N–H and O–H groups in total. The molecule has 0 aliphatic carbocycles. The average molecular weight is 427 g/mol. The van der Waals surface area contributed by atoms with Gasteiger partial charge in [-0.2, -0.15) is 5.26 Å². The van der Waals surface area contributed by atoms with Gasteiger partial charge in [-0.15, -0.1) is 0 Å². The predicted octanol–water partition coefficient (Wildman–Crippen LogP) is 2.72. The lowest BCUT2D eigenvalue weighted by atomic mass is 9.80. The fourth-order valence-corrected chi connectivity index (χ4v) is 4.28. The zero-order chi connectivity index (χ0) is 22.5. The zero-order valence-electron chi connectivity index (χ0n) is 17.2. The molecule has 5 rings (SSSR count). The number of rotatable bonds is 3. The van der Waals surface area contributed by atoms with Gasteiger partial charge in [-0.05, 0) is 47.0 Å². The van der Waals surface area contributed by atoms with Gasteiger partial charge >= 0.3 is 0 Å². The molecule has 1 unspecified atom stereocenters. The Balaban J connectivity index is 1.79. The Morgan fingerprint density at radius 3 is 2.78 bits per heavy atom. The number of carbonyl (C=O) groups excluding carboxylic acids is 1. The summed E-state index contributed by atoms with van der Waals surface area (Å²) in [6.45, 7) is 0.460. The van der Waals surface area contributed by atoms with Gasteiger partial charge in [0.25, 0.3) is 5.91 Å². The van der Waals surface area contributed by atoms with Crippen molar-refractivity contribution < 1.29 is 13.9 Å². The molecule has 7 nitrogen and oxygen atoms in total. The van der Waals surface area contributed by atoms with E-state index in [1.165, 1.54) is 24.1 Å². The van der Waals surface area contributed by atoms with E-state index in [1.54, 1.807) is 36.7 Å². The number of guanidine groups is 1. The Kier molecular flexibility index (Phi) is 4.41. The standard InChI is InChI=1S/C24H18FN5O2/c1-30-22(31)24(29-23(30)27,18-9-14-6-8-32-21(14)16(10-18)12-26)17-4-5-20(25)19(11-17)15-3-2-7-28-13-15/h2-5,7,9-11,13H,6,8H2,1H3,(H2,27,29). The minimum Gasteiger partial charge on any atom is -0.492 e. The van der Waals surface area contributed by atoms with Crippen LogP contribution in [0.1, 0.15) is 22.3 Å². The summed E-state index contributed by atoms with van der Waals surface area (Å²) in [5, 5.41) is 9.68. The Hall–Kier alpha value is -4.25. The number of hydrogen-bond donors (Lipinski definition) is 1. The van der Waals surface area contributed by atoms with E-state index in [0.717, 1.165) is 5.56 Å². The highest BCUT2D eigenvalue weighted by atomic mass is 19.1. The van der Waals surface area contributed by atoms with E-state index in [4.69, 9.17) is 10.5 Å². The maximum Gasteiger partial charge on any atom is 0.266 e. The van der Waals surface area contributed by atoms with Crippen molar-refractivity contribution in [3.63, 3.8) is 0 Å². The first-order valence-electron chi connectivity index (χ1n) is 10.00. The summed E-state index contributed by atoms with van der Waals surface area (Å²) >= 11 is 0. The number of nitrogens with two attached hydrogens (primary N) is 1. The quantitative estimate of drug-likeness (QED) is 0.692. The van der Waals surface area contributed by atoms with E-state index in [1.807, 2.05) is 6.07 Å². The van der Waals surface area contributed by atoms with E-state index in [9.17, 15) is 14.4 Å². The first-order valence-corrected chi connectivity index (χ1v) is 10.00. The third kappa shape index (κ3) is 2.75. The number of ether oxygens (including phenoxy) is 1. The Bertz CT molecular complexity index is 1330. The van der Waals surface area contributed by atoms with E-state index in [2.05, 4.69) is 16.0 Å². The van der Waals surface area contributed by atoms with Crippen LogP contribution in [-0.4, -0.2) is 35.4 Å². The van der Waals surface area contributed by atoms with Crippen LogP contribution >= 0.6 is 0 Å². The van der Waals surface area contributed by atoms with E-state index in [-0.39, 0.29) is 17.4 Å². The van der Waals surface area contributed by atoms with Gasteiger partial charge in [0.05, 0.1) is 12.2 Å². The number of halogens is 1. The second-order valence-electron chi connectivity index (χ2n) is 7.70. The smallest absolute Gasteiger partial charge is 0.266 e. The number of likely N-dealkylation sites (N-methyl/N-ethyl adjacent to an activating group) is 1. The molecule has 158 valence electrons. The molecular formula is C24H18FN5O2. The van der Waals surface area contributed by atoms with Gasteiger partial charge in [-0.1, -0.05) is 12.1 Å². The van der Waals surface area contributed by atoms with Crippen molar-refractivity contribution in [3.8, 4) is 22.9 Å². The fourth-order valence-electron chi connectivity index (χ4n) is 4.28. The highest BCUT2D eigenvalue weighted by molar-refractivity contribution is 6.09. The maximum absolute atomic E-state index is 14.8. The molecular weight excluding hydrogens is 409 g/mol. The molecule has 2 aliphatic heterocycles. The van der Waals surface area contributed by atoms with Crippen molar-refractivity contribution >= 4 is 11.9 Å². The predicted molar refractivity (Wildman–Crippen MR) is 115 cm³/mol. The van der Waals surface area contributed by atoms with Crippen molar-refractivity contribution in [2.45, 2.75) is 12.0 Å². The third-order valence-corrected chi connectivity index (χ3v) is 5.92. The van der Waals surface area contributed by atoms with Gasteiger partial charge in [0, 0.05) is 37.0 Å². The molecule has 1 amide bonds. The number of nitrogens with zero attached hydrogens (tertiary/aromatic N) is 4. The Labute approximate surface area is 183 Å². The van der Waals surface area contributed by atoms with E-state index >= 15 is 0 Å². The van der Waals surface area contributed by atoms with Gasteiger partial charge < -0.3 is 10.5 Å². The number of aliphatic imine (C=N–C) groups is 1. The molecule has 1 atom stereocenters. The van der Waals surface area contributed by atoms with Gasteiger partial charge in [0.2, 0.25) is 0 Å². The topological polar surface area (TPSA) is 105 Å². The van der Waals surface area contributed by atoms with Crippen molar-refractivity contribution in [1.29, 1.82) is 5.26 Å². The monoisotopic (exact) mass is 427 g/mol. The van der Waals surface area contributed by atoms with Crippen molar-refractivity contribution in [3.05, 3.63) is 82.9 Å². The fraction of sp³-hybridized carbons (Fsp3) is 0.167. The molecule has 0 radical (unpaired) electrons. The van der Waals surface area contributed by atoms with Crippen molar-refractivity contribution in [2.75, 3.05) is 13.7 Å². The highest BCUT2D eigenvalue weighted by Gasteiger charge is 2.50. The third-order valence-electron chi connectivity index (χ3n) is 5.92. The second kappa shape index (κ2) is 7.17. The van der Waals surface area contributed by atoms with Crippen LogP contribution in [0, 0.1) is 17.1 Å². The minimum absolute atomic E-state index is 0.0394.